The molecule has 3 nitrogen and oxygen atoms in total. The number of anilines is 1. The lowest BCUT2D eigenvalue weighted by atomic mass is 10.2. The highest BCUT2D eigenvalue weighted by atomic mass is 79.9. The maximum atomic E-state index is 6.14. The number of fused-ring (bicyclic) bond motifs is 1. The van der Waals surface area contributed by atoms with Crippen molar-refractivity contribution in [1.29, 1.82) is 0 Å². The van der Waals surface area contributed by atoms with E-state index >= 15 is 0 Å². The van der Waals surface area contributed by atoms with Crippen molar-refractivity contribution in [3.63, 3.8) is 0 Å². The van der Waals surface area contributed by atoms with Crippen molar-refractivity contribution in [1.82, 2.24) is 9.97 Å². The van der Waals surface area contributed by atoms with Gasteiger partial charge in [-0.25, -0.2) is 0 Å². The minimum absolute atomic E-state index is 0.665. The van der Waals surface area contributed by atoms with Crippen LogP contribution < -0.4 is 5.32 Å². The predicted molar refractivity (Wildman–Crippen MR) is 86.0 cm³/mol. The van der Waals surface area contributed by atoms with Crippen LogP contribution in [-0.2, 0) is 6.54 Å². The minimum atomic E-state index is 0.665. The van der Waals surface area contributed by atoms with E-state index in [1.54, 1.807) is 12.4 Å². The zero-order chi connectivity index (χ0) is 13.9. The summed E-state index contributed by atoms with van der Waals surface area (Å²) in [6.45, 7) is 0.665. The van der Waals surface area contributed by atoms with Crippen molar-refractivity contribution < 1.29 is 0 Å². The molecule has 0 atom stereocenters. The van der Waals surface area contributed by atoms with Crippen molar-refractivity contribution in [2.45, 2.75) is 6.54 Å². The van der Waals surface area contributed by atoms with Crippen LogP contribution in [0.25, 0.3) is 10.9 Å². The zero-order valence-corrected chi connectivity index (χ0v) is 12.8. The molecule has 3 rings (SSSR count). The summed E-state index contributed by atoms with van der Waals surface area (Å²) in [6, 6.07) is 9.74. The Balaban J connectivity index is 1.91. The first-order chi connectivity index (χ1) is 9.72. The van der Waals surface area contributed by atoms with Gasteiger partial charge in [-0.1, -0.05) is 17.7 Å². The first-order valence-corrected chi connectivity index (χ1v) is 7.27. The van der Waals surface area contributed by atoms with Crippen molar-refractivity contribution >= 4 is 44.1 Å². The Morgan fingerprint density at radius 2 is 2.10 bits per heavy atom. The first-order valence-electron chi connectivity index (χ1n) is 6.10. The number of aromatic nitrogens is 2. The number of benzene rings is 1. The number of rotatable bonds is 3. The van der Waals surface area contributed by atoms with Crippen LogP contribution >= 0.6 is 27.5 Å². The zero-order valence-electron chi connectivity index (χ0n) is 10.5. The van der Waals surface area contributed by atoms with Gasteiger partial charge < -0.3 is 5.32 Å². The number of hydrogen-bond donors (Lipinski definition) is 1. The van der Waals surface area contributed by atoms with Crippen molar-refractivity contribution in [3.8, 4) is 0 Å². The highest BCUT2D eigenvalue weighted by Gasteiger charge is 2.04. The van der Waals surface area contributed by atoms with Gasteiger partial charge in [-0.2, -0.15) is 0 Å². The van der Waals surface area contributed by atoms with Gasteiger partial charge in [0.1, 0.15) is 0 Å². The van der Waals surface area contributed by atoms with Crippen molar-refractivity contribution in [2.75, 3.05) is 5.32 Å². The fraction of sp³-hybridized carbons (Fsp3) is 0.0667. The molecule has 3 aromatic rings. The Hall–Kier alpha value is -1.65. The van der Waals surface area contributed by atoms with Crippen LogP contribution in [0.2, 0.25) is 5.02 Å². The predicted octanol–water partition coefficient (Wildman–Crippen LogP) is 4.66. The second-order valence-electron chi connectivity index (χ2n) is 4.39. The molecule has 1 aromatic carbocycles. The molecule has 20 heavy (non-hydrogen) atoms. The van der Waals surface area contributed by atoms with Gasteiger partial charge in [0.15, 0.2) is 0 Å². The molecule has 1 N–H and O–H groups in total. The van der Waals surface area contributed by atoms with Crippen LogP contribution in [0.5, 0.6) is 0 Å². The lowest BCUT2D eigenvalue weighted by Crippen LogP contribution is -2.01. The Morgan fingerprint density at radius 1 is 1.20 bits per heavy atom. The van der Waals surface area contributed by atoms with Crippen LogP contribution in [0.15, 0.2) is 53.4 Å². The second-order valence-corrected chi connectivity index (χ2v) is 5.75. The Bertz CT molecular complexity index is 761. The minimum Gasteiger partial charge on any atom is -0.379 e. The third kappa shape index (κ3) is 2.92. The molecule has 100 valence electrons. The molecule has 0 spiro atoms. The molecule has 0 aliphatic rings. The van der Waals surface area contributed by atoms with Crippen molar-refractivity contribution in [2.24, 2.45) is 0 Å². The molecule has 2 aromatic heterocycles. The second kappa shape index (κ2) is 5.77. The average molecular weight is 349 g/mol. The summed E-state index contributed by atoms with van der Waals surface area (Å²) in [7, 11) is 0. The summed E-state index contributed by atoms with van der Waals surface area (Å²) in [6.07, 6.45) is 5.37. The molecule has 0 aliphatic heterocycles. The molecule has 0 amide bonds. The van der Waals surface area contributed by atoms with Crippen LogP contribution in [0.4, 0.5) is 5.69 Å². The van der Waals surface area contributed by atoms with Gasteiger partial charge in [-0.3, -0.25) is 9.97 Å². The van der Waals surface area contributed by atoms with E-state index in [0.29, 0.717) is 11.6 Å². The maximum absolute atomic E-state index is 6.14. The maximum Gasteiger partial charge on any atom is 0.0934 e. The fourth-order valence-electron chi connectivity index (χ4n) is 2.04. The molecule has 0 unspecified atom stereocenters. The molecule has 2 heterocycles. The van der Waals surface area contributed by atoms with Gasteiger partial charge in [0, 0.05) is 40.0 Å². The summed E-state index contributed by atoms with van der Waals surface area (Å²) in [4.78, 5) is 8.55. The smallest absolute Gasteiger partial charge is 0.0934 e. The molecular formula is C15H11BrClN3. The lowest BCUT2D eigenvalue weighted by molar-refractivity contribution is 1.11. The van der Waals surface area contributed by atoms with Gasteiger partial charge in [0.05, 0.1) is 11.2 Å². The normalized spacial score (nSPS) is 10.7. The number of hydrogen-bond acceptors (Lipinski definition) is 3. The molecular weight excluding hydrogens is 338 g/mol. The number of halogens is 2. The molecule has 0 fully saturated rings. The van der Waals surface area contributed by atoms with Crippen LogP contribution in [-0.4, -0.2) is 9.97 Å². The largest absolute Gasteiger partial charge is 0.379 e. The van der Waals surface area contributed by atoms with E-state index in [-0.39, 0.29) is 0 Å². The van der Waals surface area contributed by atoms with E-state index in [9.17, 15) is 0 Å². The van der Waals surface area contributed by atoms with Gasteiger partial charge >= 0.3 is 0 Å². The molecule has 0 aliphatic carbocycles. The topological polar surface area (TPSA) is 37.8 Å². The number of nitrogens with zero attached hydrogens (tertiary/aromatic N) is 2. The van der Waals surface area contributed by atoms with Gasteiger partial charge in [0.2, 0.25) is 0 Å². The molecule has 0 bridgehead atoms. The monoisotopic (exact) mass is 347 g/mol. The highest BCUT2D eigenvalue weighted by Crippen LogP contribution is 2.26. The van der Waals surface area contributed by atoms with Gasteiger partial charge in [-0.15, -0.1) is 0 Å². The van der Waals surface area contributed by atoms with E-state index < -0.39 is 0 Å². The Kier molecular flexibility index (Phi) is 3.85. The standard InChI is InChI=1S/C15H11BrClN3/c16-12-4-10(7-18-9-12)8-20-14-6-13(17)5-11-2-1-3-19-15(11)14/h1-7,9,20H,8H2. The number of nitrogens with one attached hydrogen (secondary N) is 1. The van der Waals surface area contributed by atoms with Crippen LogP contribution in [0.3, 0.4) is 0 Å². The summed E-state index contributed by atoms with van der Waals surface area (Å²) < 4.78 is 0.964. The summed E-state index contributed by atoms with van der Waals surface area (Å²) in [5.41, 5.74) is 2.93. The molecule has 0 saturated carbocycles. The van der Waals surface area contributed by atoms with E-state index in [4.69, 9.17) is 11.6 Å². The SMILES string of the molecule is Clc1cc(NCc2cncc(Br)c2)c2ncccc2c1. The lowest BCUT2D eigenvalue weighted by Gasteiger charge is -2.10. The Morgan fingerprint density at radius 3 is 2.95 bits per heavy atom. The third-order valence-corrected chi connectivity index (χ3v) is 3.57. The first kappa shape index (κ1) is 13.3. The number of pyridine rings is 2. The Labute approximate surface area is 130 Å². The van der Waals surface area contributed by atoms with E-state index in [0.717, 1.165) is 26.6 Å². The molecule has 0 saturated heterocycles. The molecule has 0 radical (unpaired) electrons. The summed E-state index contributed by atoms with van der Waals surface area (Å²) in [5, 5.41) is 5.08. The van der Waals surface area contributed by atoms with E-state index in [1.807, 2.05) is 36.5 Å². The van der Waals surface area contributed by atoms with E-state index in [2.05, 4.69) is 31.2 Å². The van der Waals surface area contributed by atoms with Crippen molar-refractivity contribution in [3.05, 3.63) is 64.0 Å². The van der Waals surface area contributed by atoms with Crippen LogP contribution in [0, 0.1) is 0 Å². The quantitative estimate of drug-likeness (QED) is 0.748. The average Bonchev–Trinajstić information content (AvgIpc) is 2.44. The van der Waals surface area contributed by atoms with E-state index in [1.165, 1.54) is 0 Å². The van der Waals surface area contributed by atoms with Gasteiger partial charge in [0.25, 0.3) is 0 Å². The highest BCUT2D eigenvalue weighted by molar-refractivity contribution is 9.10. The third-order valence-electron chi connectivity index (χ3n) is 2.91. The fourth-order valence-corrected chi connectivity index (χ4v) is 2.68. The van der Waals surface area contributed by atoms with Gasteiger partial charge in [-0.05, 0) is 45.8 Å². The van der Waals surface area contributed by atoms with Crippen LogP contribution in [0.1, 0.15) is 5.56 Å². The summed E-state index contributed by atoms with van der Waals surface area (Å²) >= 11 is 9.56. The molecule has 5 heteroatoms. The summed E-state index contributed by atoms with van der Waals surface area (Å²) in [5.74, 6) is 0.